The Morgan fingerprint density at radius 1 is 1.08 bits per heavy atom. The number of rotatable bonds is 6. The van der Waals surface area contributed by atoms with Crippen LogP contribution < -0.4 is 4.90 Å². The van der Waals surface area contributed by atoms with E-state index in [1.54, 1.807) is 6.33 Å². The highest BCUT2D eigenvalue weighted by molar-refractivity contribution is 5.87. The fraction of sp³-hybridized carbons (Fsp3) is 0.263. The van der Waals surface area contributed by atoms with Crippen LogP contribution in [-0.2, 0) is 6.54 Å². The maximum Gasteiger partial charge on any atom is 0.168 e. The van der Waals surface area contributed by atoms with Crippen molar-refractivity contribution in [1.82, 2.24) is 29.3 Å². The van der Waals surface area contributed by atoms with Gasteiger partial charge in [-0.05, 0) is 25.5 Å². The van der Waals surface area contributed by atoms with Crippen molar-refractivity contribution in [3.63, 3.8) is 0 Å². The predicted octanol–water partition coefficient (Wildman–Crippen LogP) is 2.85. The van der Waals surface area contributed by atoms with Gasteiger partial charge in [0.05, 0.1) is 17.3 Å². The highest BCUT2D eigenvalue weighted by Crippen LogP contribution is 2.23. The fourth-order valence-corrected chi connectivity index (χ4v) is 3.12. The Morgan fingerprint density at radius 3 is 2.69 bits per heavy atom. The minimum absolute atomic E-state index is 0.818. The molecule has 0 spiro atoms. The minimum Gasteiger partial charge on any atom is -0.359 e. The average Bonchev–Trinajstić information content (AvgIpc) is 3.28. The zero-order chi connectivity index (χ0) is 17.9. The fourth-order valence-electron chi connectivity index (χ4n) is 3.12. The van der Waals surface area contributed by atoms with Gasteiger partial charge in [-0.25, -0.2) is 19.6 Å². The van der Waals surface area contributed by atoms with Crippen molar-refractivity contribution in [3.8, 4) is 5.69 Å². The average molecular weight is 347 g/mol. The molecule has 0 bridgehead atoms. The lowest BCUT2D eigenvalue weighted by Gasteiger charge is -2.18. The largest absolute Gasteiger partial charge is 0.359 e. The molecule has 4 rings (SSSR count). The zero-order valence-electron chi connectivity index (χ0n) is 14.9. The maximum atomic E-state index is 4.52. The molecule has 0 aliphatic carbocycles. The molecule has 0 saturated heterocycles. The molecular weight excluding hydrogens is 326 g/mol. The number of anilines is 1. The first kappa shape index (κ1) is 16.3. The van der Waals surface area contributed by atoms with Gasteiger partial charge in [0.1, 0.15) is 18.0 Å². The number of aryl methyl sites for hydroxylation is 2. The summed E-state index contributed by atoms with van der Waals surface area (Å²) in [4.78, 5) is 15.4. The number of aromatic nitrogens is 6. The summed E-state index contributed by atoms with van der Waals surface area (Å²) >= 11 is 0. The quantitative estimate of drug-likeness (QED) is 0.537. The molecule has 4 aromatic rings. The van der Waals surface area contributed by atoms with Gasteiger partial charge in [-0.1, -0.05) is 18.2 Å². The van der Waals surface area contributed by atoms with E-state index in [1.807, 2.05) is 60.5 Å². The van der Waals surface area contributed by atoms with E-state index in [1.165, 1.54) is 0 Å². The van der Waals surface area contributed by atoms with Crippen LogP contribution in [-0.4, -0.2) is 42.9 Å². The summed E-state index contributed by atoms with van der Waals surface area (Å²) in [5.41, 5.74) is 1.81. The van der Waals surface area contributed by atoms with E-state index in [0.717, 1.165) is 47.9 Å². The molecule has 0 N–H and O–H groups in total. The molecule has 3 heterocycles. The van der Waals surface area contributed by atoms with Crippen molar-refractivity contribution >= 4 is 16.9 Å². The maximum absolute atomic E-state index is 4.52. The van der Waals surface area contributed by atoms with E-state index in [0.29, 0.717) is 0 Å². The van der Waals surface area contributed by atoms with Gasteiger partial charge in [-0.15, -0.1) is 0 Å². The van der Waals surface area contributed by atoms with Crippen molar-refractivity contribution in [1.29, 1.82) is 0 Å². The first-order chi connectivity index (χ1) is 12.7. The van der Waals surface area contributed by atoms with Crippen LogP contribution in [0.5, 0.6) is 0 Å². The Bertz CT molecular complexity index is 1000. The Morgan fingerprint density at radius 2 is 1.92 bits per heavy atom. The van der Waals surface area contributed by atoms with E-state index in [-0.39, 0.29) is 0 Å². The molecule has 7 heteroatoms. The number of nitrogens with zero attached hydrogens (tertiary/aromatic N) is 7. The van der Waals surface area contributed by atoms with Gasteiger partial charge in [0.2, 0.25) is 0 Å². The summed E-state index contributed by atoms with van der Waals surface area (Å²) in [6.07, 6.45) is 8.31. The molecule has 0 fully saturated rings. The second-order valence-electron chi connectivity index (χ2n) is 6.27. The van der Waals surface area contributed by atoms with Crippen LogP contribution in [0.25, 0.3) is 16.7 Å². The molecule has 0 atom stereocenters. The van der Waals surface area contributed by atoms with E-state index in [9.17, 15) is 0 Å². The minimum atomic E-state index is 0.818. The Labute approximate surface area is 151 Å². The van der Waals surface area contributed by atoms with Crippen molar-refractivity contribution in [2.75, 3.05) is 18.5 Å². The molecule has 0 unspecified atom stereocenters. The lowest BCUT2D eigenvalue weighted by atomic mass is 10.3. The van der Waals surface area contributed by atoms with E-state index >= 15 is 0 Å². The summed E-state index contributed by atoms with van der Waals surface area (Å²) in [7, 11) is 2.06. The summed E-state index contributed by atoms with van der Waals surface area (Å²) in [5.74, 6) is 1.95. The second kappa shape index (κ2) is 6.95. The van der Waals surface area contributed by atoms with Gasteiger partial charge < -0.3 is 9.47 Å². The molecule has 0 amide bonds. The number of imidazole rings is 1. The topological polar surface area (TPSA) is 64.7 Å². The number of fused-ring (bicyclic) bond motifs is 1. The monoisotopic (exact) mass is 347 g/mol. The zero-order valence-corrected chi connectivity index (χ0v) is 14.9. The number of hydrogen-bond acceptors (Lipinski definition) is 5. The normalized spacial score (nSPS) is 11.2. The van der Waals surface area contributed by atoms with Gasteiger partial charge in [0.15, 0.2) is 5.65 Å². The van der Waals surface area contributed by atoms with Crippen LogP contribution in [0.2, 0.25) is 0 Å². The lowest BCUT2D eigenvalue weighted by Crippen LogP contribution is -2.21. The van der Waals surface area contributed by atoms with Gasteiger partial charge in [0.25, 0.3) is 0 Å². The number of para-hydroxylation sites is 1. The SMILES string of the molecule is Cc1nccn1CCCN(C)c1ncnc2c1cnn2-c1ccccc1. The molecule has 0 radical (unpaired) electrons. The van der Waals surface area contributed by atoms with E-state index < -0.39 is 0 Å². The summed E-state index contributed by atoms with van der Waals surface area (Å²) in [6, 6.07) is 10.0. The smallest absolute Gasteiger partial charge is 0.168 e. The Hall–Kier alpha value is -3.22. The molecule has 132 valence electrons. The molecule has 0 saturated carbocycles. The second-order valence-corrected chi connectivity index (χ2v) is 6.27. The highest BCUT2D eigenvalue weighted by atomic mass is 15.3. The first-order valence-corrected chi connectivity index (χ1v) is 8.67. The predicted molar refractivity (Wildman–Crippen MR) is 102 cm³/mol. The lowest BCUT2D eigenvalue weighted by molar-refractivity contribution is 0.621. The van der Waals surface area contributed by atoms with Crippen LogP contribution in [0.15, 0.2) is 55.2 Å². The van der Waals surface area contributed by atoms with Crippen LogP contribution in [0.1, 0.15) is 12.2 Å². The molecular formula is C19H21N7. The molecule has 3 aromatic heterocycles. The molecule has 0 aliphatic rings. The third-order valence-corrected chi connectivity index (χ3v) is 4.52. The van der Waals surface area contributed by atoms with Gasteiger partial charge in [-0.3, -0.25) is 0 Å². The summed E-state index contributed by atoms with van der Waals surface area (Å²) < 4.78 is 4.01. The van der Waals surface area contributed by atoms with Crippen LogP contribution in [0.3, 0.4) is 0 Å². The van der Waals surface area contributed by atoms with Crippen molar-refractivity contribution in [3.05, 3.63) is 61.1 Å². The number of benzene rings is 1. The van der Waals surface area contributed by atoms with Crippen LogP contribution in [0, 0.1) is 6.92 Å². The molecule has 26 heavy (non-hydrogen) atoms. The molecule has 1 aromatic carbocycles. The first-order valence-electron chi connectivity index (χ1n) is 8.67. The standard InChI is InChI=1S/C19H21N7/c1-15-20-9-12-25(15)11-6-10-24(2)18-17-13-23-26(19(17)22-14-21-18)16-7-4-3-5-8-16/h3-5,7-9,12-14H,6,10-11H2,1-2H3. The van der Waals surface area contributed by atoms with Gasteiger partial charge in [-0.2, -0.15) is 5.10 Å². The van der Waals surface area contributed by atoms with Gasteiger partial charge >= 0.3 is 0 Å². The highest BCUT2D eigenvalue weighted by Gasteiger charge is 2.13. The third-order valence-electron chi connectivity index (χ3n) is 4.52. The molecule has 7 nitrogen and oxygen atoms in total. The van der Waals surface area contributed by atoms with E-state index in [4.69, 9.17) is 0 Å². The van der Waals surface area contributed by atoms with Crippen molar-refractivity contribution in [2.24, 2.45) is 0 Å². The molecule has 0 aliphatic heterocycles. The summed E-state index contributed by atoms with van der Waals surface area (Å²) in [6.45, 7) is 3.85. The van der Waals surface area contributed by atoms with Crippen LogP contribution >= 0.6 is 0 Å². The van der Waals surface area contributed by atoms with Gasteiger partial charge in [0, 0.05) is 32.5 Å². The van der Waals surface area contributed by atoms with E-state index in [2.05, 4.69) is 36.6 Å². The summed E-state index contributed by atoms with van der Waals surface area (Å²) in [5, 5.41) is 5.47. The van der Waals surface area contributed by atoms with Crippen LogP contribution in [0.4, 0.5) is 5.82 Å². The van der Waals surface area contributed by atoms with Crippen molar-refractivity contribution in [2.45, 2.75) is 19.9 Å². The Kier molecular flexibility index (Phi) is 4.35. The Balaban J connectivity index is 1.55. The number of hydrogen-bond donors (Lipinski definition) is 0. The van der Waals surface area contributed by atoms with Crippen molar-refractivity contribution < 1.29 is 0 Å². The third kappa shape index (κ3) is 3.03.